The second-order valence-electron chi connectivity index (χ2n) is 9.68. The molecule has 0 bridgehead atoms. The average molecular weight is 447 g/mol. The van der Waals surface area contributed by atoms with E-state index in [2.05, 4.69) is 96.3 Å². The molecule has 0 aromatic heterocycles. The van der Waals surface area contributed by atoms with Crippen molar-refractivity contribution in [2.24, 2.45) is 5.41 Å². The topological polar surface area (TPSA) is 38.3 Å². The van der Waals surface area contributed by atoms with E-state index in [4.69, 9.17) is 4.74 Å². The van der Waals surface area contributed by atoms with Gasteiger partial charge in [0, 0.05) is 6.54 Å². The highest BCUT2D eigenvalue weighted by Crippen LogP contribution is 2.60. The van der Waals surface area contributed by atoms with Crippen LogP contribution in [0.15, 0.2) is 91.0 Å². The summed E-state index contributed by atoms with van der Waals surface area (Å²) in [5.41, 5.74) is -1.08. The zero-order chi connectivity index (χ0) is 22.7. The normalized spacial score (nSPS) is 19.0. The quantitative estimate of drug-likeness (QED) is 0.453. The van der Waals surface area contributed by atoms with Crippen LogP contribution >= 0.6 is 7.26 Å². The standard InChI is InChI=1S/C28H33NO2P/c1-27(2,3)31-26(30)28(19-20-29-21-28)22-32(23-13-7-4-8-14-23,24-15-9-5-10-16-24)25-17-11-6-12-18-25/h4-18,29H,19-22H2,1-3H3/q+1/t28-/m1/s1. The van der Waals surface area contributed by atoms with Gasteiger partial charge in [-0.25, -0.2) is 0 Å². The van der Waals surface area contributed by atoms with Crippen molar-refractivity contribution >= 4 is 29.1 Å². The van der Waals surface area contributed by atoms with Gasteiger partial charge in [-0.1, -0.05) is 54.6 Å². The van der Waals surface area contributed by atoms with E-state index in [0.29, 0.717) is 6.54 Å². The van der Waals surface area contributed by atoms with Gasteiger partial charge in [0.05, 0.1) is 6.16 Å². The molecule has 3 aromatic rings. The van der Waals surface area contributed by atoms with Crippen LogP contribution in [0.1, 0.15) is 27.2 Å². The Labute approximate surface area is 192 Å². The van der Waals surface area contributed by atoms with Gasteiger partial charge in [-0.2, -0.15) is 0 Å². The first kappa shape index (κ1) is 22.7. The molecule has 1 fully saturated rings. The fourth-order valence-corrected chi connectivity index (χ4v) is 9.52. The third-order valence-corrected chi connectivity index (χ3v) is 10.8. The van der Waals surface area contributed by atoms with Gasteiger partial charge >= 0.3 is 5.97 Å². The van der Waals surface area contributed by atoms with Crippen molar-refractivity contribution in [2.75, 3.05) is 19.3 Å². The van der Waals surface area contributed by atoms with Crippen molar-refractivity contribution in [1.82, 2.24) is 5.32 Å². The van der Waals surface area contributed by atoms with Crippen LogP contribution in [0.25, 0.3) is 0 Å². The molecule has 0 amide bonds. The fraction of sp³-hybridized carbons (Fsp3) is 0.321. The van der Waals surface area contributed by atoms with E-state index in [1.165, 1.54) is 15.9 Å². The van der Waals surface area contributed by atoms with Gasteiger partial charge in [-0.3, -0.25) is 4.79 Å². The lowest BCUT2D eigenvalue weighted by atomic mass is 9.89. The summed E-state index contributed by atoms with van der Waals surface area (Å²) in [6.45, 7) is 7.34. The van der Waals surface area contributed by atoms with Crippen molar-refractivity contribution in [2.45, 2.75) is 32.8 Å². The lowest BCUT2D eigenvalue weighted by Crippen LogP contribution is -2.47. The van der Waals surface area contributed by atoms with Gasteiger partial charge in [-0.15, -0.1) is 0 Å². The molecule has 0 spiro atoms. The molecular weight excluding hydrogens is 413 g/mol. The Morgan fingerprint density at radius 2 is 1.28 bits per heavy atom. The number of carbonyl (C=O) groups excluding carboxylic acids is 1. The minimum absolute atomic E-state index is 0.0813. The molecule has 3 aromatic carbocycles. The fourth-order valence-electron chi connectivity index (χ4n) is 4.73. The number of carbonyl (C=O) groups is 1. The second kappa shape index (κ2) is 9.17. The van der Waals surface area contributed by atoms with Crippen LogP contribution in [0, 0.1) is 5.41 Å². The molecule has 1 N–H and O–H groups in total. The van der Waals surface area contributed by atoms with Gasteiger partial charge < -0.3 is 10.1 Å². The highest BCUT2D eigenvalue weighted by Gasteiger charge is 2.57. The molecule has 0 radical (unpaired) electrons. The Bertz CT molecular complexity index is 927. The number of esters is 1. The zero-order valence-corrected chi connectivity index (χ0v) is 20.1. The van der Waals surface area contributed by atoms with Crippen LogP contribution in [0.3, 0.4) is 0 Å². The van der Waals surface area contributed by atoms with Gasteiger partial charge in [0.15, 0.2) is 0 Å². The van der Waals surface area contributed by atoms with Crippen LogP contribution in [0.2, 0.25) is 0 Å². The molecule has 0 unspecified atom stereocenters. The highest BCUT2D eigenvalue weighted by molar-refractivity contribution is 7.95. The molecule has 0 aliphatic carbocycles. The van der Waals surface area contributed by atoms with E-state index in [9.17, 15) is 4.79 Å². The van der Waals surface area contributed by atoms with Crippen molar-refractivity contribution in [3.05, 3.63) is 91.0 Å². The number of rotatable bonds is 6. The number of hydrogen-bond acceptors (Lipinski definition) is 3. The van der Waals surface area contributed by atoms with Crippen molar-refractivity contribution < 1.29 is 9.53 Å². The van der Waals surface area contributed by atoms with Gasteiger partial charge in [0.2, 0.25) is 0 Å². The van der Waals surface area contributed by atoms with E-state index in [1.807, 2.05) is 20.8 Å². The summed E-state index contributed by atoms with van der Waals surface area (Å²) < 4.78 is 6.02. The monoisotopic (exact) mass is 446 g/mol. The van der Waals surface area contributed by atoms with Gasteiger partial charge in [0.25, 0.3) is 0 Å². The van der Waals surface area contributed by atoms with Crippen LogP contribution < -0.4 is 21.2 Å². The van der Waals surface area contributed by atoms with E-state index < -0.39 is 18.3 Å². The van der Waals surface area contributed by atoms with Crippen molar-refractivity contribution in [3.8, 4) is 0 Å². The summed E-state index contributed by atoms with van der Waals surface area (Å²) >= 11 is 0. The molecule has 3 nitrogen and oxygen atoms in total. The predicted molar refractivity (Wildman–Crippen MR) is 136 cm³/mol. The van der Waals surface area contributed by atoms with Gasteiger partial charge in [-0.05, 0) is 70.1 Å². The van der Waals surface area contributed by atoms with E-state index in [-0.39, 0.29) is 5.97 Å². The van der Waals surface area contributed by atoms with E-state index in [1.54, 1.807) is 0 Å². The smallest absolute Gasteiger partial charge is 0.317 e. The Kier molecular flexibility index (Phi) is 6.51. The number of benzene rings is 3. The average Bonchev–Trinajstić information content (AvgIpc) is 3.28. The Hall–Kier alpha value is -2.48. The number of ether oxygens (including phenoxy) is 1. The first-order valence-electron chi connectivity index (χ1n) is 11.3. The molecule has 4 rings (SSSR count). The summed E-state index contributed by atoms with van der Waals surface area (Å²) in [6, 6.07) is 32.3. The Balaban J connectivity index is 1.94. The van der Waals surface area contributed by atoms with Crippen LogP contribution in [-0.4, -0.2) is 30.8 Å². The largest absolute Gasteiger partial charge is 0.459 e. The summed E-state index contributed by atoms with van der Waals surface area (Å²) in [6.07, 6.45) is 1.54. The van der Waals surface area contributed by atoms with E-state index >= 15 is 0 Å². The van der Waals surface area contributed by atoms with Crippen molar-refractivity contribution in [1.29, 1.82) is 0 Å². The summed E-state index contributed by atoms with van der Waals surface area (Å²) in [5, 5.41) is 7.37. The number of hydrogen-bond donors (Lipinski definition) is 1. The molecular formula is C28H33NO2P+. The summed E-state index contributed by atoms with van der Waals surface area (Å²) in [7, 11) is -2.13. The summed E-state index contributed by atoms with van der Waals surface area (Å²) in [4.78, 5) is 13.7. The molecule has 1 heterocycles. The highest BCUT2D eigenvalue weighted by atomic mass is 31.2. The van der Waals surface area contributed by atoms with Crippen LogP contribution in [0.5, 0.6) is 0 Å². The lowest BCUT2D eigenvalue weighted by molar-refractivity contribution is -0.165. The van der Waals surface area contributed by atoms with Crippen LogP contribution in [-0.2, 0) is 9.53 Å². The zero-order valence-electron chi connectivity index (χ0n) is 19.3. The minimum Gasteiger partial charge on any atom is -0.459 e. The molecule has 1 atom stereocenters. The molecule has 4 heteroatoms. The molecule has 32 heavy (non-hydrogen) atoms. The van der Waals surface area contributed by atoms with Gasteiger partial charge in [0.1, 0.15) is 34.2 Å². The lowest BCUT2D eigenvalue weighted by Gasteiger charge is -2.36. The summed E-state index contributed by atoms with van der Waals surface area (Å²) in [5.74, 6) is -0.0813. The SMILES string of the molecule is CC(C)(C)OC(=O)[C@]1(C[P+](c2ccccc2)(c2ccccc2)c2ccccc2)CCNC1. The molecule has 1 aliphatic rings. The first-order chi connectivity index (χ1) is 15.4. The predicted octanol–water partition coefficient (Wildman–Crippen LogP) is 4.30. The van der Waals surface area contributed by atoms with Crippen LogP contribution in [0.4, 0.5) is 0 Å². The first-order valence-corrected chi connectivity index (χ1v) is 13.3. The van der Waals surface area contributed by atoms with E-state index in [0.717, 1.165) is 19.1 Å². The Morgan fingerprint density at radius 1 is 0.844 bits per heavy atom. The maximum absolute atomic E-state index is 13.7. The second-order valence-corrected chi connectivity index (χ2v) is 13.2. The maximum Gasteiger partial charge on any atom is 0.317 e. The number of nitrogens with one attached hydrogen (secondary N) is 1. The van der Waals surface area contributed by atoms with Crippen molar-refractivity contribution in [3.63, 3.8) is 0 Å². The maximum atomic E-state index is 13.7. The minimum atomic E-state index is -2.13. The molecule has 1 saturated heterocycles. The third kappa shape index (κ3) is 4.51. The Morgan fingerprint density at radius 3 is 1.62 bits per heavy atom. The molecule has 0 saturated carbocycles. The third-order valence-electron chi connectivity index (χ3n) is 6.21. The molecule has 166 valence electrons. The molecule has 1 aliphatic heterocycles.